The summed E-state index contributed by atoms with van der Waals surface area (Å²) in [5.74, 6) is 0.589. The molecule has 22 heavy (non-hydrogen) atoms. The van der Waals surface area contributed by atoms with Crippen LogP contribution in [0.2, 0.25) is 0 Å². The zero-order valence-electron chi connectivity index (χ0n) is 12.5. The van der Waals surface area contributed by atoms with Crippen molar-refractivity contribution in [3.05, 3.63) is 48.4 Å². The molecule has 1 saturated heterocycles. The minimum absolute atomic E-state index is 0.225. The maximum absolute atomic E-state index is 13.7. The van der Waals surface area contributed by atoms with Crippen molar-refractivity contribution in [2.75, 3.05) is 44.7 Å². The fraction of sp³-hybridized carbons (Fsp3) is 0.353. The Morgan fingerprint density at radius 3 is 2.68 bits per heavy atom. The summed E-state index contributed by atoms with van der Waals surface area (Å²) >= 11 is 0. The highest BCUT2D eigenvalue weighted by Crippen LogP contribution is 2.22. The molecule has 0 amide bonds. The third kappa shape index (κ3) is 3.81. The van der Waals surface area contributed by atoms with Crippen LogP contribution in [-0.4, -0.2) is 49.3 Å². The molecule has 3 rings (SSSR count). The average molecular weight is 301 g/mol. The number of halogens is 1. The Balaban J connectivity index is 1.54. The van der Waals surface area contributed by atoms with Gasteiger partial charge < -0.3 is 10.1 Å². The van der Waals surface area contributed by atoms with Gasteiger partial charge >= 0.3 is 0 Å². The summed E-state index contributed by atoms with van der Waals surface area (Å²) in [4.78, 5) is 6.72. The Morgan fingerprint density at radius 1 is 1.14 bits per heavy atom. The van der Waals surface area contributed by atoms with Gasteiger partial charge in [-0.2, -0.15) is 0 Å². The summed E-state index contributed by atoms with van der Waals surface area (Å²) in [6.45, 7) is 5.42. The number of ether oxygens (including phenoxy) is 1. The number of anilines is 1. The molecule has 2 heterocycles. The lowest BCUT2D eigenvalue weighted by Crippen LogP contribution is -2.39. The van der Waals surface area contributed by atoms with E-state index in [1.165, 1.54) is 6.07 Å². The van der Waals surface area contributed by atoms with Gasteiger partial charge in [0.15, 0.2) is 0 Å². The van der Waals surface area contributed by atoms with Gasteiger partial charge in [-0.25, -0.2) is 9.37 Å². The van der Waals surface area contributed by atoms with Crippen LogP contribution in [0.1, 0.15) is 0 Å². The van der Waals surface area contributed by atoms with Gasteiger partial charge in [0.05, 0.1) is 13.2 Å². The van der Waals surface area contributed by atoms with E-state index in [9.17, 15) is 4.39 Å². The summed E-state index contributed by atoms with van der Waals surface area (Å²) in [6, 6.07) is 10.5. The number of hydrogen-bond donors (Lipinski definition) is 1. The molecule has 1 N–H and O–H groups in total. The number of benzene rings is 1. The Labute approximate surface area is 129 Å². The molecule has 5 heteroatoms. The molecule has 0 bridgehead atoms. The first-order valence-electron chi connectivity index (χ1n) is 7.58. The standard InChI is InChI=1S/C17H20FN3O/c18-16-4-2-1-3-15(16)14-5-6-17(20-13-14)19-7-8-21-9-11-22-12-10-21/h1-6,13H,7-12H2,(H,19,20). The predicted octanol–water partition coefficient (Wildman–Crippen LogP) is 2.63. The Hall–Kier alpha value is -1.98. The normalized spacial score (nSPS) is 15.7. The van der Waals surface area contributed by atoms with Crippen LogP contribution in [0.15, 0.2) is 42.6 Å². The highest BCUT2D eigenvalue weighted by atomic mass is 19.1. The van der Waals surface area contributed by atoms with Gasteiger partial charge in [0.25, 0.3) is 0 Å². The molecule has 1 fully saturated rings. The number of aromatic nitrogens is 1. The monoisotopic (exact) mass is 301 g/mol. The minimum Gasteiger partial charge on any atom is -0.379 e. The molecule has 0 saturated carbocycles. The first-order valence-corrected chi connectivity index (χ1v) is 7.58. The molecule has 0 spiro atoms. The molecule has 1 aliphatic rings. The quantitative estimate of drug-likeness (QED) is 0.921. The van der Waals surface area contributed by atoms with Gasteiger partial charge in [-0.3, -0.25) is 4.90 Å². The van der Waals surface area contributed by atoms with E-state index < -0.39 is 0 Å². The summed E-state index contributed by atoms with van der Waals surface area (Å²) < 4.78 is 19.0. The van der Waals surface area contributed by atoms with Crippen molar-refractivity contribution in [2.45, 2.75) is 0 Å². The minimum atomic E-state index is -0.225. The number of pyridine rings is 1. The van der Waals surface area contributed by atoms with E-state index in [0.717, 1.165) is 50.8 Å². The van der Waals surface area contributed by atoms with Crippen molar-refractivity contribution in [1.29, 1.82) is 0 Å². The first-order chi connectivity index (χ1) is 10.8. The molecular weight excluding hydrogens is 281 g/mol. The third-order valence-corrected chi connectivity index (χ3v) is 3.79. The fourth-order valence-corrected chi connectivity index (χ4v) is 2.52. The van der Waals surface area contributed by atoms with E-state index >= 15 is 0 Å². The second-order valence-electron chi connectivity index (χ2n) is 5.29. The second-order valence-corrected chi connectivity index (χ2v) is 5.29. The van der Waals surface area contributed by atoms with E-state index in [4.69, 9.17) is 4.74 Å². The van der Waals surface area contributed by atoms with E-state index in [0.29, 0.717) is 5.56 Å². The van der Waals surface area contributed by atoms with Crippen molar-refractivity contribution >= 4 is 5.82 Å². The maximum Gasteiger partial charge on any atom is 0.131 e. The molecule has 0 unspecified atom stereocenters. The second kappa shape index (κ2) is 7.33. The van der Waals surface area contributed by atoms with Gasteiger partial charge in [0.1, 0.15) is 11.6 Å². The van der Waals surface area contributed by atoms with Crippen LogP contribution in [-0.2, 0) is 4.74 Å². The molecule has 1 aliphatic heterocycles. The maximum atomic E-state index is 13.7. The van der Waals surface area contributed by atoms with E-state index in [-0.39, 0.29) is 5.82 Å². The van der Waals surface area contributed by atoms with E-state index in [2.05, 4.69) is 15.2 Å². The first kappa shape index (κ1) is 14.9. The number of morpholine rings is 1. The number of nitrogens with one attached hydrogen (secondary N) is 1. The number of nitrogens with zero attached hydrogens (tertiary/aromatic N) is 2. The topological polar surface area (TPSA) is 37.4 Å². The lowest BCUT2D eigenvalue weighted by Gasteiger charge is -2.26. The molecule has 1 aromatic heterocycles. The van der Waals surface area contributed by atoms with Gasteiger partial charge in [0.2, 0.25) is 0 Å². The predicted molar refractivity (Wildman–Crippen MR) is 85.4 cm³/mol. The average Bonchev–Trinajstić information content (AvgIpc) is 2.57. The summed E-state index contributed by atoms with van der Waals surface area (Å²) in [6.07, 6.45) is 1.70. The molecule has 0 atom stereocenters. The summed E-state index contributed by atoms with van der Waals surface area (Å²) in [5, 5.41) is 3.30. The largest absolute Gasteiger partial charge is 0.379 e. The molecule has 0 radical (unpaired) electrons. The Morgan fingerprint density at radius 2 is 1.95 bits per heavy atom. The Kier molecular flexibility index (Phi) is 4.98. The summed E-state index contributed by atoms with van der Waals surface area (Å²) in [5.41, 5.74) is 1.37. The van der Waals surface area contributed by atoms with E-state index in [1.807, 2.05) is 18.2 Å². The Bertz CT molecular complexity index is 597. The molecule has 2 aromatic rings. The van der Waals surface area contributed by atoms with Gasteiger partial charge in [-0.15, -0.1) is 0 Å². The summed E-state index contributed by atoms with van der Waals surface area (Å²) in [7, 11) is 0. The smallest absolute Gasteiger partial charge is 0.131 e. The molecule has 0 aliphatic carbocycles. The van der Waals surface area contributed by atoms with Gasteiger partial charge in [0, 0.05) is 43.5 Å². The number of hydrogen-bond acceptors (Lipinski definition) is 4. The van der Waals surface area contributed by atoms with Gasteiger partial charge in [-0.1, -0.05) is 18.2 Å². The molecule has 116 valence electrons. The van der Waals surface area contributed by atoms with Crippen LogP contribution in [0.4, 0.5) is 10.2 Å². The van der Waals surface area contributed by atoms with Crippen LogP contribution < -0.4 is 5.32 Å². The zero-order chi connectivity index (χ0) is 15.2. The van der Waals surface area contributed by atoms with Crippen LogP contribution in [0.25, 0.3) is 11.1 Å². The highest BCUT2D eigenvalue weighted by molar-refractivity contribution is 5.64. The lowest BCUT2D eigenvalue weighted by molar-refractivity contribution is 0.0398. The van der Waals surface area contributed by atoms with Crippen LogP contribution in [0.5, 0.6) is 0 Å². The van der Waals surface area contributed by atoms with Crippen molar-refractivity contribution in [2.24, 2.45) is 0 Å². The highest BCUT2D eigenvalue weighted by Gasteiger charge is 2.09. The lowest BCUT2D eigenvalue weighted by atomic mass is 10.1. The fourth-order valence-electron chi connectivity index (χ4n) is 2.52. The van der Waals surface area contributed by atoms with E-state index in [1.54, 1.807) is 18.3 Å². The third-order valence-electron chi connectivity index (χ3n) is 3.79. The van der Waals surface area contributed by atoms with Crippen LogP contribution >= 0.6 is 0 Å². The van der Waals surface area contributed by atoms with Crippen LogP contribution in [0, 0.1) is 5.82 Å². The van der Waals surface area contributed by atoms with Gasteiger partial charge in [-0.05, 0) is 18.2 Å². The number of rotatable bonds is 5. The molecule has 1 aromatic carbocycles. The van der Waals surface area contributed by atoms with Crippen molar-refractivity contribution < 1.29 is 9.13 Å². The molecule has 4 nitrogen and oxygen atoms in total. The van der Waals surface area contributed by atoms with Crippen molar-refractivity contribution in [3.8, 4) is 11.1 Å². The van der Waals surface area contributed by atoms with Crippen molar-refractivity contribution in [3.63, 3.8) is 0 Å². The SMILES string of the molecule is Fc1ccccc1-c1ccc(NCCN2CCOCC2)nc1. The zero-order valence-corrected chi connectivity index (χ0v) is 12.5. The van der Waals surface area contributed by atoms with Crippen molar-refractivity contribution in [1.82, 2.24) is 9.88 Å². The van der Waals surface area contributed by atoms with Crippen LogP contribution in [0.3, 0.4) is 0 Å². The molecular formula is C17H20FN3O.